The normalized spacial score (nSPS) is 10.5. The number of aromatic nitrogens is 1. The van der Waals surface area contributed by atoms with Crippen molar-refractivity contribution in [1.82, 2.24) is 4.98 Å². The van der Waals surface area contributed by atoms with Crippen LogP contribution in [-0.2, 0) is 0 Å². The van der Waals surface area contributed by atoms with Crippen molar-refractivity contribution in [2.45, 2.75) is 0 Å². The Hall–Kier alpha value is -2.75. The average Bonchev–Trinajstić information content (AvgIpc) is 2.83. The molecule has 0 aliphatic carbocycles. The van der Waals surface area contributed by atoms with Gasteiger partial charge in [-0.05, 0) is 30.3 Å². The van der Waals surface area contributed by atoms with Crippen molar-refractivity contribution in [2.24, 2.45) is 0 Å². The molecule has 1 heterocycles. The highest BCUT2D eigenvalue weighted by atomic mass is 16.5. The van der Waals surface area contributed by atoms with Crippen LogP contribution in [0.15, 0.2) is 54.6 Å². The number of carbonyl (C=O) groups is 1. The van der Waals surface area contributed by atoms with Crippen LogP contribution in [-0.4, -0.2) is 16.1 Å². The van der Waals surface area contributed by atoms with Crippen molar-refractivity contribution >= 4 is 16.9 Å². The van der Waals surface area contributed by atoms with Gasteiger partial charge in [0.15, 0.2) is 0 Å². The van der Waals surface area contributed by atoms with Gasteiger partial charge in [-0.15, -0.1) is 0 Å². The molecule has 1 aromatic heterocycles. The van der Waals surface area contributed by atoms with Crippen LogP contribution >= 0.6 is 0 Å². The molecule has 0 bridgehead atoms. The number of carboxylic acids is 1. The summed E-state index contributed by atoms with van der Waals surface area (Å²) in [7, 11) is 0. The summed E-state index contributed by atoms with van der Waals surface area (Å²) >= 11 is 0. The Balaban J connectivity index is 1.95. The van der Waals surface area contributed by atoms with Crippen LogP contribution in [0.3, 0.4) is 0 Å². The van der Waals surface area contributed by atoms with Crippen LogP contribution < -0.4 is 4.74 Å². The maximum absolute atomic E-state index is 10.9. The number of benzene rings is 2. The SMILES string of the molecule is O=C(O)c1cc2ccc(Oc3ccccc3)cc2[nH]1. The van der Waals surface area contributed by atoms with Gasteiger partial charge in [0.1, 0.15) is 17.2 Å². The second-order valence-corrected chi connectivity index (χ2v) is 4.15. The lowest BCUT2D eigenvalue weighted by molar-refractivity contribution is 0.0691. The minimum Gasteiger partial charge on any atom is -0.477 e. The van der Waals surface area contributed by atoms with Crippen molar-refractivity contribution in [1.29, 1.82) is 0 Å². The molecule has 3 aromatic rings. The smallest absolute Gasteiger partial charge is 0.352 e. The molecule has 0 aliphatic rings. The molecule has 0 radical (unpaired) electrons. The van der Waals surface area contributed by atoms with Crippen LogP contribution in [0.2, 0.25) is 0 Å². The van der Waals surface area contributed by atoms with E-state index in [4.69, 9.17) is 9.84 Å². The largest absolute Gasteiger partial charge is 0.477 e. The summed E-state index contributed by atoms with van der Waals surface area (Å²) in [5, 5.41) is 9.77. The minimum absolute atomic E-state index is 0.173. The Labute approximate surface area is 109 Å². The predicted molar refractivity (Wildman–Crippen MR) is 71.8 cm³/mol. The molecule has 0 saturated heterocycles. The topological polar surface area (TPSA) is 62.3 Å². The van der Waals surface area contributed by atoms with E-state index in [1.807, 2.05) is 42.5 Å². The van der Waals surface area contributed by atoms with E-state index in [0.29, 0.717) is 5.75 Å². The van der Waals surface area contributed by atoms with Gasteiger partial charge in [0.25, 0.3) is 0 Å². The predicted octanol–water partition coefficient (Wildman–Crippen LogP) is 3.66. The van der Waals surface area contributed by atoms with E-state index in [0.717, 1.165) is 16.7 Å². The second kappa shape index (κ2) is 4.49. The number of nitrogens with one attached hydrogen (secondary N) is 1. The fourth-order valence-corrected chi connectivity index (χ4v) is 1.91. The molecule has 0 saturated carbocycles. The first kappa shape index (κ1) is 11.3. The molecule has 94 valence electrons. The molecule has 0 atom stereocenters. The first-order valence-electron chi connectivity index (χ1n) is 5.81. The van der Waals surface area contributed by atoms with E-state index in [-0.39, 0.29) is 5.69 Å². The number of rotatable bonds is 3. The van der Waals surface area contributed by atoms with Crippen molar-refractivity contribution in [3.63, 3.8) is 0 Å². The van der Waals surface area contributed by atoms with Crippen molar-refractivity contribution in [3.05, 3.63) is 60.3 Å². The number of ether oxygens (including phenoxy) is 1. The molecule has 4 heteroatoms. The molecule has 19 heavy (non-hydrogen) atoms. The number of aromatic amines is 1. The zero-order valence-corrected chi connectivity index (χ0v) is 9.96. The number of aromatic carboxylic acids is 1. The van der Waals surface area contributed by atoms with Gasteiger partial charge in [0.05, 0.1) is 0 Å². The lowest BCUT2D eigenvalue weighted by Gasteiger charge is -2.04. The third-order valence-electron chi connectivity index (χ3n) is 2.80. The number of para-hydroxylation sites is 1. The third-order valence-corrected chi connectivity index (χ3v) is 2.80. The van der Waals surface area contributed by atoms with E-state index in [9.17, 15) is 4.79 Å². The van der Waals surface area contributed by atoms with Crippen LogP contribution in [0.4, 0.5) is 0 Å². The summed E-state index contributed by atoms with van der Waals surface area (Å²) in [6.07, 6.45) is 0. The third kappa shape index (κ3) is 2.28. The Morgan fingerprint density at radius 3 is 2.53 bits per heavy atom. The first-order chi connectivity index (χ1) is 9.22. The molecule has 0 aliphatic heterocycles. The molecule has 2 aromatic carbocycles. The highest BCUT2D eigenvalue weighted by molar-refractivity contribution is 5.94. The minimum atomic E-state index is -0.971. The van der Waals surface area contributed by atoms with E-state index in [2.05, 4.69) is 4.98 Å². The quantitative estimate of drug-likeness (QED) is 0.748. The Morgan fingerprint density at radius 1 is 1.00 bits per heavy atom. The van der Waals surface area contributed by atoms with E-state index >= 15 is 0 Å². The maximum atomic E-state index is 10.9. The van der Waals surface area contributed by atoms with Crippen LogP contribution in [0.25, 0.3) is 10.9 Å². The fourth-order valence-electron chi connectivity index (χ4n) is 1.91. The lowest BCUT2D eigenvalue weighted by atomic mass is 10.2. The molecule has 3 rings (SSSR count). The molecule has 0 unspecified atom stereocenters. The summed E-state index contributed by atoms with van der Waals surface area (Å²) in [6.45, 7) is 0. The second-order valence-electron chi connectivity index (χ2n) is 4.15. The van der Waals surface area contributed by atoms with Gasteiger partial charge in [-0.2, -0.15) is 0 Å². The van der Waals surface area contributed by atoms with Gasteiger partial charge < -0.3 is 14.8 Å². The monoisotopic (exact) mass is 253 g/mol. The molecule has 4 nitrogen and oxygen atoms in total. The number of hydrogen-bond acceptors (Lipinski definition) is 2. The van der Waals surface area contributed by atoms with Gasteiger partial charge in [-0.1, -0.05) is 18.2 Å². The lowest BCUT2D eigenvalue weighted by Crippen LogP contribution is -1.94. The van der Waals surface area contributed by atoms with Gasteiger partial charge in [-0.3, -0.25) is 0 Å². The molecular formula is C15H11NO3. The van der Waals surface area contributed by atoms with Gasteiger partial charge in [-0.25, -0.2) is 4.79 Å². The van der Waals surface area contributed by atoms with Crippen LogP contribution in [0, 0.1) is 0 Å². The van der Waals surface area contributed by atoms with Crippen molar-refractivity contribution < 1.29 is 14.6 Å². The standard InChI is InChI=1S/C15H11NO3/c17-15(18)14-8-10-6-7-12(9-13(10)16-14)19-11-4-2-1-3-5-11/h1-9,16H,(H,17,18). The van der Waals surface area contributed by atoms with Crippen molar-refractivity contribution in [3.8, 4) is 11.5 Å². The average molecular weight is 253 g/mol. The van der Waals surface area contributed by atoms with Crippen molar-refractivity contribution in [2.75, 3.05) is 0 Å². The van der Waals surface area contributed by atoms with Crippen LogP contribution in [0.1, 0.15) is 10.5 Å². The molecule has 0 spiro atoms. The number of H-pyrrole nitrogens is 1. The fraction of sp³-hybridized carbons (Fsp3) is 0. The van der Waals surface area contributed by atoms with Gasteiger partial charge in [0.2, 0.25) is 0 Å². The summed E-state index contributed by atoms with van der Waals surface area (Å²) in [5.74, 6) is 0.436. The first-order valence-corrected chi connectivity index (χ1v) is 5.81. The molecule has 2 N–H and O–H groups in total. The van der Waals surface area contributed by atoms with E-state index in [1.165, 1.54) is 0 Å². The Kier molecular flexibility index (Phi) is 2.68. The zero-order chi connectivity index (χ0) is 13.2. The molecule has 0 fully saturated rings. The number of carboxylic acid groups (broad SMARTS) is 1. The highest BCUT2D eigenvalue weighted by Gasteiger charge is 2.08. The maximum Gasteiger partial charge on any atom is 0.352 e. The summed E-state index contributed by atoms with van der Waals surface area (Å²) in [5.41, 5.74) is 0.915. The van der Waals surface area contributed by atoms with Crippen LogP contribution in [0.5, 0.6) is 11.5 Å². The summed E-state index contributed by atoms with van der Waals surface area (Å²) in [6, 6.07) is 16.5. The number of hydrogen-bond donors (Lipinski definition) is 2. The summed E-state index contributed by atoms with van der Waals surface area (Å²) < 4.78 is 5.69. The number of fused-ring (bicyclic) bond motifs is 1. The zero-order valence-electron chi connectivity index (χ0n) is 9.96. The van der Waals surface area contributed by atoms with E-state index in [1.54, 1.807) is 12.1 Å². The van der Waals surface area contributed by atoms with Gasteiger partial charge in [0, 0.05) is 17.0 Å². The Morgan fingerprint density at radius 2 is 1.79 bits per heavy atom. The highest BCUT2D eigenvalue weighted by Crippen LogP contribution is 2.25. The van der Waals surface area contributed by atoms with E-state index < -0.39 is 5.97 Å². The molecule has 0 amide bonds. The Bertz CT molecular complexity index is 731. The molecular weight excluding hydrogens is 242 g/mol. The van der Waals surface area contributed by atoms with Gasteiger partial charge >= 0.3 is 5.97 Å². The summed E-state index contributed by atoms with van der Waals surface area (Å²) in [4.78, 5) is 13.7.